The van der Waals surface area contributed by atoms with Gasteiger partial charge in [0.05, 0.1) is 12.0 Å². The highest BCUT2D eigenvalue weighted by Crippen LogP contribution is 2.21. The van der Waals surface area contributed by atoms with Crippen LogP contribution in [0, 0.1) is 0 Å². The molecule has 0 spiro atoms. The van der Waals surface area contributed by atoms with E-state index in [9.17, 15) is 18.0 Å². The lowest BCUT2D eigenvalue weighted by atomic mass is 10.1. The minimum Gasteiger partial charge on any atom is -0.478 e. The fourth-order valence-electron chi connectivity index (χ4n) is 1.05. The molecule has 0 bridgehead atoms. The lowest BCUT2D eigenvalue weighted by Gasteiger charge is -2.06. The molecule has 0 aliphatic carbocycles. The summed E-state index contributed by atoms with van der Waals surface area (Å²) < 4.78 is 35.8. The van der Waals surface area contributed by atoms with Crippen molar-refractivity contribution in [2.75, 3.05) is 0 Å². The van der Waals surface area contributed by atoms with Crippen LogP contribution in [0.2, 0.25) is 0 Å². The van der Waals surface area contributed by atoms with E-state index >= 15 is 0 Å². The average Bonchev–Trinajstić information content (AvgIpc) is 2.01. The Bertz CT molecular complexity index is 344. The molecule has 0 aliphatic heterocycles. The van der Waals surface area contributed by atoms with Gasteiger partial charge in [-0.05, 0) is 17.7 Å². The third kappa shape index (κ3) is 3.08. The van der Waals surface area contributed by atoms with Crippen molar-refractivity contribution in [1.29, 1.82) is 0 Å². The molecule has 76 valence electrons. The molecule has 1 N–H and O–H groups in total. The van der Waals surface area contributed by atoms with E-state index < -0.39 is 18.6 Å². The summed E-state index contributed by atoms with van der Waals surface area (Å²) in [6.07, 6.45) is -5.41. The molecule has 0 amide bonds. The number of carboxylic acid groups (broad SMARTS) is 1. The summed E-state index contributed by atoms with van der Waals surface area (Å²) in [5, 5.41) is 8.53. The number of hydrogen-bond acceptors (Lipinski definition) is 1. The van der Waals surface area contributed by atoms with Crippen LogP contribution in [0.4, 0.5) is 13.2 Å². The molecule has 0 saturated carbocycles. The van der Waals surface area contributed by atoms with E-state index in [1.165, 1.54) is 18.2 Å². The highest BCUT2D eigenvalue weighted by Gasteiger charge is 2.27. The van der Waals surface area contributed by atoms with Gasteiger partial charge < -0.3 is 5.11 Å². The largest absolute Gasteiger partial charge is 0.478 e. The van der Waals surface area contributed by atoms with E-state index in [-0.39, 0.29) is 11.1 Å². The summed E-state index contributed by atoms with van der Waals surface area (Å²) in [5.74, 6) is -1.23. The first-order valence-electron chi connectivity index (χ1n) is 3.77. The van der Waals surface area contributed by atoms with Crippen molar-refractivity contribution in [1.82, 2.24) is 0 Å². The van der Waals surface area contributed by atoms with Crippen molar-refractivity contribution in [2.45, 2.75) is 12.6 Å². The number of carboxylic acids is 1. The topological polar surface area (TPSA) is 37.3 Å². The van der Waals surface area contributed by atoms with E-state index in [0.717, 1.165) is 6.07 Å². The van der Waals surface area contributed by atoms with Gasteiger partial charge in [-0.2, -0.15) is 13.2 Å². The van der Waals surface area contributed by atoms with Crippen molar-refractivity contribution in [3.05, 3.63) is 35.4 Å². The molecule has 0 atom stereocenters. The summed E-state index contributed by atoms with van der Waals surface area (Å²) in [6, 6.07) is 4.82. The second-order valence-corrected chi connectivity index (χ2v) is 2.80. The first-order valence-corrected chi connectivity index (χ1v) is 3.77. The summed E-state index contributed by atoms with van der Waals surface area (Å²) in [4.78, 5) is 10.4. The van der Waals surface area contributed by atoms with E-state index in [1.54, 1.807) is 0 Å². The number of aromatic carboxylic acids is 1. The molecule has 0 heterocycles. The molecule has 1 aromatic carbocycles. The molecule has 0 saturated heterocycles. The Balaban J connectivity index is 2.89. The van der Waals surface area contributed by atoms with Crippen molar-refractivity contribution in [3.8, 4) is 0 Å². The van der Waals surface area contributed by atoms with Crippen molar-refractivity contribution < 1.29 is 23.1 Å². The SMILES string of the molecule is O=C(O)c1cccc(CC(F)(F)F)c1. The number of alkyl halides is 3. The van der Waals surface area contributed by atoms with Crippen LogP contribution < -0.4 is 0 Å². The molecule has 1 aromatic rings. The summed E-state index contributed by atoms with van der Waals surface area (Å²) in [5.41, 5.74) is -0.177. The van der Waals surface area contributed by atoms with Crippen molar-refractivity contribution >= 4 is 5.97 Å². The van der Waals surface area contributed by atoms with Crippen LogP contribution in [-0.2, 0) is 6.42 Å². The van der Waals surface area contributed by atoms with Crippen LogP contribution in [-0.4, -0.2) is 17.3 Å². The lowest BCUT2D eigenvalue weighted by Crippen LogP contribution is -2.12. The van der Waals surface area contributed by atoms with Crippen LogP contribution in [0.25, 0.3) is 0 Å². The second-order valence-electron chi connectivity index (χ2n) is 2.80. The van der Waals surface area contributed by atoms with Gasteiger partial charge in [-0.3, -0.25) is 0 Å². The lowest BCUT2D eigenvalue weighted by molar-refractivity contribution is -0.127. The zero-order valence-electron chi connectivity index (χ0n) is 7.01. The Hall–Kier alpha value is -1.52. The Kier molecular flexibility index (Phi) is 2.78. The van der Waals surface area contributed by atoms with Gasteiger partial charge in [-0.25, -0.2) is 4.79 Å². The standard InChI is InChI=1S/C9H7F3O2/c10-9(11,12)5-6-2-1-3-7(4-6)8(13)14/h1-4H,5H2,(H,13,14). The molecular formula is C9H7F3O2. The number of rotatable bonds is 2. The van der Waals surface area contributed by atoms with Gasteiger partial charge in [-0.15, -0.1) is 0 Å². The Morgan fingerprint density at radius 3 is 2.50 bits per heavy atom. The normalized spacial score (nSPS) is 11.4. The van der Waals surface area contributed by atoms with Gasteiger partial charge in [0.15, 0.2) is 0 Å². The predicted octanol–water partition coefficient (Wildman–Crippen LogP) is 2.49. The van der Waals surface area contributed by atoms with Gasteiger partial charge >= 0.3 is 12.1 Å². The fourth-order valence-corrected chi connectivity index (χ4v) is 1.05. The van der Waals surface area contributed by atoms with Crippen LogP contribution in [0.1, 0.15) is 15.9 Å². The molecule has 0 aromatic heterocycles. The molecular weight excluding hydrogens is 197 g/mol. The Labute approximate surface area is 78.0 Å². The quantitative estimate of drug-likeness (QED) is 0.803. The third-order valence-electron chi connectivity index (χ3n) is 1.58. The minimum absolute atomic E-state index is 0.0441. The maximum Gasteiger partial charge on any atom is 0.393 e. The van der Waals surface area contributed by atoms with E-state index in [4.69, 9.17) is 5.11 Å². The monoisotopic (exact) mass is 204 g/mol. The first kappa shape index (κ1) is 10.6. The van der Waals surface area contributed by atoms with Crippen LogP contribution >= 0.6 is 0 Å². The number of carbonyl (C=O) groups is 1. The van der Waals surface area contributed by atoms with Crippen molar-refractivity contribution in [3.63, 3.8) is 0 Å². The van der Waals surface area contributed by atoms with Crippen LogP contribution in [0.5, 0.6) is 0 Å². The molecule has 0 unspecified atom stereocenters. The molecule has 2 nitrogen and oxygen atoms in total. The van der Waals surface area contributed by atoms with Crippen molar-refractivity contribution in [2.24, 2.45) is 0 Å². The zero-order valence-corrected chi connectivity index (χ0v) is 7.01. The molecule has 0 radical (unpaired) electrons. The first-order chi connectivity index (χ1) is 6.38. The highest BCUT2D eigenvalue weighted by molar-refractivity contribution is 5.87. The van der Waals surface area contributed by atoms with E-state index in [0.29, 0.717) is 0 Å². The second kappa shape index (κ2) is 3.69. The summed E-state index contributed by atoms with van der Waals surface area (Å²) >= 11 is 0. The molecule has 0 aliphatic rings. The maximum atomic E-state index is 11.9. The number of hydrogen-bond donors (Lipinski definition) is 1. The fraction of sp³-hybridized carbons (Fsp3) is 0.222. The minimum atomic E-state index is -4.31. The predicted molar refractivity (Wildman–Crippen MR) is 43.2 cm³/mol. The Morgan fingerprint density at radius 2 is 2.00 bits per heavy atom. The molecule has 5 heteroatoms. The van der Waals surface area contributed by atoms with Gasteiger partial charge in [0.25, 0.3) is 0 Å². The number of halogens is 3. The smallest absolute Gasteiger partial charge is 0.393 e. The third-order valence-corrected chi connectivity index (χ3v) is 1.58. The summed E-state index contributed by atoms with van der Waals surface area (Å²) in [7, 11) is 0. The highest BCUT2D eigenvalue weighted by atomic mass is 19.4. The maximum absolute atomic E-state index is 11.9. The van der Waals surface area contributed by atoms with Gasteiger partial charge in [0.2, 0.25) is 0 Å². The molecule has 0 fully saturated rings. The van der Waals surface area contributed by atoms with Gasteiger partial charge in [0.1, 0.15) is 0 Å². The Morgan fingerprint density at radius 1 is 1.36 bits per heavy atom. The summed E-state index contributed by atoms with van der Waals surface area (Å²) in [6.45, 7) is 0. The van der Waals surface area contributed by atoms with Gasteiger partial charge in [0, 0.05) is 0 Å². The number of benzene rings is 1. The zero-order chi connectivity index (χ0) is 10.8. The van der Waals surface area contributed by atoms with E-state index in [1.807, 2.05) is 0 Å². The molecule has 1 rings (SSSR count). The average molecular weight is 204 g/mol. The van der Waals surface area contributed by atoms with Gasteiger partial charge in [-0.1, -0.05) is 12.1 Å². The van der Waals surface area contributed by atoms with Crippen LogP contribution in [0.3, 0.4) is 0 Å². The molecule has 14 heavy (non-hydrogen) atoms. The van der Waals surface area contributed by atoms with Crippen LogP contribution in [0.15, 0.2) is 24.3 Å². The van der Waals surface area contributed by atoms with E-state index in [2.05, 4.69) is 0 Å².